The van der Waals surface area contributed by atoms with Gasteiger partial charge in [0.1, 0.15) is 5.82 Å². The molecule has 0 bridgehead atoms. The normalized spacial score (nSPS) is 19.5. The summed E-state index contributed by atoms with van der Waals surface area (Å²) in [5.41, 5.74) is 0.566. The third-order valence-corrected chi connectivity index (χ3v) is 4.28. The molecule has 0 spiro atoms. The molecule has 1 saturated heterocycles. The van der Waals surface area contributed by atoms with Crippen molar-refractivity contribution in [2.45, 2.75) is 45.1 Å². The van der Waals surface area contributed by atoms with Gasteiger partial charge in [-0.3, -0.25) is 4.79 Å². The van der Waals surface area contributed by atoms with Crippen LogP contribution in [0.3, 0.4) is 0 Å². The molecule has 1 aromatic rings. The van der Waals surface area contributed by atoms with Gasteiger partial charge in [0.15, 0.2) is 0 Å². The molecular weight excluding hydrogens is 309 g/mol. The van der Waals surface area contributed by atoms with E-state index in [0.29, 0.717) is 16.1 Å². The second-order valence-electron chi connectivity index (χ2n) is 5.07. The summed E-state index contributed by atoms with van der Waals surface area (Å²) in [4.78, 5) is 14.5. The molecule has 0 aliphatic carbocycles. The number of likely N-dealkylation sites (tertiary alicyclic amines) is 1. The lowest BCUT2D eigenvalue weighted by molar-refractivity contribution is 0.0600. The minimum absolute atomic E-state index is 0.0267. The Bertz CT molecular complexity index is 461. The maximum Gasteiger partial charge on any atom is 0.254 e. The zero-order valence-corrected chi connectivity index (χ0v) is 12.7. The van der Waals surface area contributed by atoms with Crippen LogP contribution in [0.2, 0.25) is 0 Å². The van der Waals surface area contributed by atoms with E-state index in [4.69, 9.17) is 0 Å². The van der Waals surface area contributed by atoms with Gasteiger partial charge in [0.05, 0.1) is 4.47 Å². The molecule has 19 heavy (non-hydrogen) atoms. The molecule has 1 aromatic carbocycles. The first-order valence-electron chi connectivity index (χ1n) is 6.89. The molecule has 1 unspecified atom stereocenters. The highest BCUT2D eigenvalue weighted by Gasteiger charge is 2.26. The van der Waals surface area contributed by atoms with E-state index in [9.17, 15) is 9.18 Å². The molecule has 1 amide bonds. The smallest absolute Gasteiger partial charge is 0.254 e. The Balaban J connectivity index is 2.18. The van der Waals surface area contributed by atoms with Crippen molar-refractivity contribution in [2.24, 2.45) is 0 Å². The van der Waals surface area contributed by atoms with Crippen molar-refractivity contribution in [3.63, 3.8) is 0 Å². The summed E-state index contributed by atoms with van der Waals surface area (Å²) in [6.45, 7) is 2.96. The molecule has 104 valence electrons. The first kappa shape index (κ1) is 14.5. The monoisotopic (exact) mass is 327 g/mol. The van der Waals surface area contributed by atoms with Crippen LogP contribution in [0.5, 0.6) is 0 Å². The molecule has 1 aliphatic heterocycles. The molecule has 1 fully saturated rings. The number of hydrogen-bond acceptors (Lipinski definition) is 1. The van der Waals surface area contributed by atoms with E-state index in [1.165, 1.54) is 12.5 Å². The van der Waals surface area contributed by atoms with Crippen molar-refractivity contribution in [1.29, 1.82) is 0 Å². The van der Waals surface area contributed by atoms with E-state index >= 15 is 0 Å². The quantitative estimate of drug-likeness (QED) is 0.806. The van der Waals surface area contributed by atoms with Crippen LogP contribution in [0.4, 0.5) is 4.39 Å². The highest BCUT2D eigenvalue weighted by molar-refractivity contribution is 9.10. The van der Waals surface area contributed by atoms with Crippen LogP contribution >= 0.6 is 15.9 Å². The highest BCUT2D eigenvalue weighted by atomic mass is 79.9. The summed E-state index contributed by atoms with van der Waals surface area (Å²) in [6, 6.07) is 4.83. The maximum atomic E-state index is 13.2. The second-order valence-corrected chi connectivity index (χ2v) is 5.92. The standard InChI is InChI=1S/C15H19BrFNO/c1-2-5-12-6-3-4-9-18(12)15(19)11-7-8-14(17)13(16)10-11/h7-8,10,12H,2-6,9H2,1H3. The fourth-order valence-corrected chi connectivity index (χ4v) is 3.08. The lowest BCUT2D eigenvalue weighted by Gasteiger charge is -2.36. The van der Waals surface area contributed by atoms with Gasteiger partial charge >= 0.3 is 0 Å². The molecule has 1 aliphatic rings. The molecule has 4 heteroatoms. The first-order valence-corrected chi connectivity index (χ1v) is 7.68. The van der Waals surface area contributed by atoms with Crippen molar-refractivity contribution in [1.82, 2.24) is 4.90 Å². The number of piperidine rings is 1. The Kier molecular flexibility index (Phi) is 4.97. The zero-order valence-electron chi connectivity index (χ0n) is 11.2. The SMILES string of the molecule is CCCC1CCCCN1C(=O)c1ccc(F)c(Br)c1. The van der Waals surface area contributed by atoms with E-state index in [0.717, 1.165) is 32.2 Å². The number of hydrogen-bond donors (Lipinski definition) is 0. The number of carbonyl (C=O) groups is 1. The van der Waals surface area contributed by atoms with Crippen LogP contribution in [-0.4, -0.2) is 23.4 Å². The average molecular weight is 328 g/mol. The molecule has 0 aromatic heterocycles. The van der Waals surface area contributed by atoms with Gasteiger partial charge in [0, 0.05) is 18.2 Å². The predicted molar refractivity (Wildman–Crippen MR) is 77.7 cm³/mol. The predicted octanol–water partition coefficient (Wildman–Crippen LogP) is 4.38. The van der Waals surface area contributed by atoms with E-state index in [1.807, 2.05) is 4.90 Å². The van der Waals surface area contributed by atoms with Gasteiger partial charge in [-0.1, -0.05) is 13.3 Å². The summed E-state index contributed by atoms with van der Waals surface area (Å²) in [7, 11) is 0. The summed E-state index contributed by atoms with van der Waals surface area (Å²) in [5.74, 6) is -0.306. The van der Waals surface area contributed by atoms with Crippen LogP contribution in [0.25, 0.3) is 0 Å². The van der Waals surface area contributed by atoms with Crippen LogP contribution in [0, 0.1) is 5.82 Å². The van der Waals surface area contributed by atoms with Gasteiger partial charge in [0.25, 0.3) is 5.91 Å². The van der Waals surface area contributed by atoms with Crippen molar-refractivity contribution in [3.8, 4) is 0 Å². The largest absolute Gasteiger partial charge is 0.336 e. The number of benzene rings is 1. The minimum Gasteiger partial charge on any atom is -0.336 e. The van der Waals surface area contributed by atoms with Gasteiger partial charge < -0.3 is 4.90 Å². The van der Waals surface area contributed by atoms with Gasteiger partial charge in [-0.05, 0) is 59.8 Å². The van der Waals surface area contributed by atoms with E-state index in [-0.39, 0.29) is 11.7 Å². The molecule has 0 N–H and O–H groups in total. The van der Waals surface area contributed by atoms with Gasteiger partial charge in [0.2, 0.25) is 0 Å². The van der Waals surface area contributed by atoms with Crippen molar-refractivity contribution >= 4 is 21.8 Å². The fraction of sp³-hybridized carbons (Fsp3) is 0.533. The second kappa shape index (κ2) is 6.51. The lowest BCUT2D eigenvalue weighted by Crippen LogP contribution is -2.43. The van der Waals surface area contributed by atoms with Crippen molar-refractivity contribution < 1.29 is 9.18 Å². The zero-order chi connectivity index (χ0) is 13.8. The van der Waals surface area contributed by atoms with Crippen molar-refractivity contribution in [2.75, 3.05) is 6.54 Å². The summed E-state index contributed by atoms with van der Waals surface area (Å²) >= 11 is 3.14. The van der Waals surface area contributed by atoms with Crippen LogP contribution < -0.4 is 0 Å². The number of amides is 1. The van der Waals surface area contributed by atoms with E-state index < -0.39 is 0 Å². The topological polar surface area (TPSA) is 20.3 Å². The van der Waals surface area contributed by atoms with Gasteiger partial charge in [-0.25, -0.2) is 4.39 Å². The van der Waals surface area contributed by atoms with Crippen LogP contribution in [0.1, 0.15) is 49.4 Å². The summed E-state index contributed by atoms with van der Waals surface area (Å²) in [6.07, 6.45) is 5.48. The minimum atomic E-state index is -0.333. The Labute approximate surface area is 122 Å². The molecule has 2 rings (SSSR count). The molecule has 0 saturated carbocycles. The molecule has 1 atom stereocenters. The summed E-state index contributed by atoms with van der Waals surface area (Å²) < 4.78 is 13.6. The Morgan fingerprint density at radius 3 is 2.95 bits per heavy atom. The fourth-order valence-electron chi connectivity index (χ4n) is 2.70. The summed E-state index contributed by atoms with van der Waals surface area (Å²) in [5, 5.41) is 0. The van der Waals surface area contributed by atoms with Crippen molar-refractivity contribution in [3.05, 3.63) is 34.1 Å². The molecular formula is C15H19BrFNO. The molecule has 2 nitrogen and oxygen atoms in total. The lowest BCUT2D eigenvalue weighted by atomic mass is 9.97. The maximum absolute atomic E-state index is 13.2. The van der Waals surface area contributed by atoms with Crippen LogP contribution in [-0.2, 0) is 0 Å². The third kappa shape index (κ3) is 3.35. The van der Waals surface area contributed by atoms with Gasteiger partial charge in [-0.15, -0.1) is 0 Å². The number of carbonyl (C=O) groups excluding carboxylic acids is 1. The highest BCUT2D eigenvalue weighted by Crippen LogP contribution is 2.24. The third-order valence-electron chi connectivity index (χ3n) is 3.68. The Hall–Kier alpha value is -0.900. The number of rotatable bonds is 3. The number of halogens is 2. The van der Waals surface area contributed by atoms with E-state index in [1.54, 1.807) is 12.1 Å². The molecule has 0 radical (unpaired) electrons. The van der Waals surface area contributed by atoms with E-state index in [2.05, 4.69) is 22.9 Å². The van der Waals surface area contributed by atoms with Crippen LogP contribution in [0.15, 0.2) is 22.7 Å². The van der Waals surface area contributed by atoms with Gasteiger partial charge in [-0.2, -0.15) is 0 Å². The number of nitrogens with zero attached hydrogens (tertiary/aromatic N) is 1. The average Bonchev–Trinajstić information content (AvgIpc) is 2.42. The Morgan fingerprint density at radius 1 is 1.47 bits per heavy atom. The Morgan fingerprint density at radius 2 is 2.26 bits per heavy atom. The molecule has 1 heterocycles. The first-order chi connectivity index (χ1) is 9.13.